The predicted molar refractivity (Wildman–Crippen MR) is 106 cm³/mol. The van der Waals surface area contributed by atoms with Gasteiger partial charge in [-0.2, -0.15) is 0 Å². The molecule has 134 valence electrons. The van der Waals surface area contributed by atoms with E-state index < -0.39 is 8.32 Å². The molecule has 0 fully saturated rings. The molecule has 0 aliphatic heterocycles. The molecule has 1 aromatic carbocycles. The van der Waals surface area contributed by atoms with Crippen molar-refractivity contribution in [3.05, 3.63) is 57.8 Å². The second-order valence-electron chi connectivity index (χ2n) is 7.83. The second kappa shape index (κ2) is 7.26. The Kier molecular flexibility index (Phi) is 5.69. The lowest BCUT2D eigenvalue weighted by molar-refractivity contribution is -0.136. The summed E-state index contributed by atoms with van der Waals surface area (Å²) in [6, 6.07) is 10.9. The molecule has 3 nitrogen and oxygen atoms in total. The van der Waals surface area contributed by atoms with E-state index in [9.17, 15) is 9.59 Å². The van der Waals surface area contributed by atoms with Gasteiger partial charge in [0.15, 0.2) is 0 Å². The Hall–Kier alpha value is -1.72. The maximum Gasteiger partial charge on any atom is 0.299 e. The smallest absolute Gasteiger partial charge is 0.299 e. The molecule has 25 heavy (non-hydrogen) atoms. The van der Waals surface area contributed by atoms with Crippen LogP contribution in [0.5, 0.6) is 0 Å². The molecule has 1 unspecified atom stereocenters. The van der Waals surface area contributed by atoms with Gasteiger partial charge >= 0.3 is 0 Å². The van der Waals surface area contributed by atoms with Gasteiger partial charge in [0.25, 0.3) is 14.3 Å². The standard InChI is InChI=1S/C20H26O3SSi/c1-14(19(22)23-25(5,6)20(2,3)4)15-9-11-16(12-10-15)18(21)17-8-7-13-24-17/h7-14H,1-6H3. The van der Waals surface area contributed by atoms with Crippen molar-refractivity contribution in [2.45, 2.75) is 51.7 Å². The van der Waals surface area contributed by atoms with Gasteiger partial charge in [0, 0.05) is 5.56 Å². The maximum absolute atomic E-state index is 12.6. The molecule has 0 amide bonds. The minimum Gasteiger partial charge on any atom is -0.519 e. The van der Waals surface area contributed by atoms with Crippen LogP contribution in [0.15, 0.2) is 41.8 Å². The third-order valence-corrected chi connectivity index (χ3v) is 10.1. The van der Waals surface area contributed by atoms with Crippen LogP contribution in [0.3, 0.4) is 0 Å². The van der Waals surface area contributed by atoms with Crippen LogP contribution >= 0.6 is 11.3 Å². The first-order valence-electron chi connectivity index (χ1n) is 8.44. The highest BCUT2D eigenvalue weighted by atomic mass is 32.1. The van der Waals surface area contributed by atoms with Crippen LogP contribution in [0.25, 0.3) is 0 Å². The molecule has 0 aliphatic carbocycles. The van der Waals surface area contributed by atoms with Gasteiger partial charge in [-0.05, 0) is 42.1 Å². The van der Waals surface area contributed by atoms with Crippen molar-refractivity contribution in [3.63, 3.8) is 0 Å². The third kappa shape index (κ3) is 4.47. The van der Waals surface area contributed by atoms with E-state index in [1.54, 1.807) is 12.1 Å². The summed E-state index contributed by atoms with van der Waals surface area (Å²) in [7, 11) is -2.13. The van der Waals surface area contributed by atoms with E-state index >= 15 is 0 Å². The van der Waals surface area contributed by atoms with Gasteiger partial charge in [0.05, 0.1) is 10.8 Å². The molecule has 1 atom stereocenters. The van der Waals surface area contributed by atoms with Crippen molar-refractivity contribution in [3.8, 4) is 0 Å². The second-order valence-corrected chi connectivity index (χ2v) is 13.5. The van der Waals surface area contributed by atoms with Crippen molar-refractivity contribution < 1.29 is 14.0 Å². The van der Waals surface area contributed by atoms with E-state index in [0.29, 0.717) is 5.56 Å². The molecule has 0 spiro atoms. The molecule has 0 bridgehead atoms. The molecule has 2 aromatic rings. The van der Waals surface area contributed by atoms with E-state index in [4.69, 9.17) is 4.43 Å². The van der Waals surface area contributed by atoms with E-state index in [-0.39, 0.29) is 22.7 Å². The van der Waals surface area contributed by atoms with Crippen molar-refractivity contribution in [2.24, 2.45) is 0 Å². The highest BCUT2D eigenvalue weighted by molar-refractivity contribution is 7.12. The number of thiophene rings is 1. The maximum atomic E-state index is 12.6. The number of hydrogen-bond acceptors (Lipinski definition) is 4. The van der Waals surface area contributed by atoms with Crippen LogP contribution < -0.4 is 0 Å². The fourth-order valence-corrected chi connectivity index (χ4v) is 3.77. The summed E-state index contributed by atoms with van der Waals surface area (Å²) >= 11 is 1.43. The molecule has 0 aliphatic rings. The summed E-state index contributed by atoms with van der Waals surface area (Å²) in [5.74, 6) is -0.526. The molecule has 2 rings (SSSR count). The van der Waals surface area contributed by atoms with Crippen molar-refractivity contribution in [2.75, 3.05) is 0 Å². The zero-order chi connectivity index (χ0) is 18.8. The topological polar surface area (TPSA) is 43.4 Å². The SMILES string of the molecule is CC(C(=O)O[Si](C)(C)C(C)(C)C)c1ccc(C(=O)c2cccs2)cc1. The molecule has 0 radical (unpaired) electrons. The van der Waals surface area contributed by atoms with E-state index in [1.165, 1.54) is 11.3 Å². The van der Waals surface area contributed by atoms with Crippen molar-refractivity contribution in [1.29, 1.82) is 0 Å². The Morgan fingerprint density at radius 2 is 1.68 bits per heavy atom. The number of hydrogen-bond donors (Lipinski definition) is 0. The Morgan fingerprint density at radius 1 is 1.08 bits per heavy atom. The fourth-order valence-electron chi connectivity index (χ4n) is 2.10. The largest absolute Gasteiger partial charge is 0.519 e. The van der Waals surface area contributed by atoms with Crippen LogP contribution in [-0.2, 0) is 9.22 Å². The lowest BCUT2D eigenvalue weighted by atomic mass is 9.99. The third-order valence-electron chi connectivity index (χ3n) is 4.93. The normalized spacial score (nSPS) is 13.4. The average Bonchev–Trinajstić information content (AvgIpc) is 3.06. The van der Waals surface area contributed by atoms with E-state index in [0.717, 1.165) is 10.4 Å². The number of rotatable bonds is 5. The summed E-state index contributed by atoms with van der Waals surface area (Å²) < 4.78 is 5.89. The molecule has 0 saturated carbocycles. The summed E-state index contributed by atoms with van der Waals surface area (Å²) in [6.07, 6.45) is 0. The lowest BCUT2D eigenvalue weighted by Crippen LogP contribution is -2.43. The first-order valence-corrected chi connectivity index (χ1v) is 12.2. The predicted octanol–water partition coefficient (Wildman–Crippen LogP) is 5.63. The highest BCUT2D eigenvalue weighted by Crippen LogP contribution is 2.37. The molecule has 5 heteroatoms. The Bertz CT molecular complexity index is 740. The minimum atomic E-state index is -2.13. The first-order chi connectivity index (χ1) is 11.5. The minimum absolute atomic E-state index is 0.0121. The van der Waals surface area contributed by atoms with Crippen LogP contribution in [-0.4, -0.2) is 20.1 Å². The van der Waals surface area contributed by atoms with Gasteiger partial charge in [-0.3, -0.25) is 9.59 Å². The summed E-state index contributed by atoms with van der Waals surface area (Å²) in [5, 5.41) is 1.87. The van der Waals surface area contributed by atoms with Gasteiger partial charge in [-0.15, -0.1) is 11.3 Å². The number of carbonyl (C=O) groups is 2. The zero-order valence-electron chi connectivity index (χ0n) is 15.8. The first kappa shape index (κ1) is 19.6. The average molecular weight is 375 g/mol. The molecule has 1 heterocycles. The fraction of sp³-hybridized carbons (Fsp3) is 0.400. The summed E-state index contributed by atoms with van der Waals surface area (Å²) in [4.78, 5) is 25.6. The van der Waals surface area contributed by atoms with Crippen LogP contribution in [0, 0.1) is 0 Å². The van der Waals surface area contributed by atoms with Crippen molar-refractivity contribution >= 4 is 31.4 Å². The highest BCUT2D eigenvalue weighted by Gasteiger charge is 2.41. The van der Waals surface area contributed by atoms with E-state index in [2.05, 4.69) is 33.9 Å². The van der Waals surface area contributed by atoms with Gasteiger partial charge in [-0.25, -0.2) is 0 Å². The molecule has 0 N–H and O–H groups in total. The quantitative estimate of drug-likeness (QED) is 0.503. The monoisotopic (exact) mass is 374 g/mol. The molecular formula is C20H26O3SSi. The Balaban J connectivity index is 2.11. The Labute approximate surface area is 155 Å². The molecule has 0 saturated heterocycles. The van der Waals surface area contributed by atoms with Crippen LogP contribution in [0.2, 0.25) is 18.1 Å². The van der Waals surface area contributed by atoms with Crippen molar-refractivity contribution in [1.82, 2.24) is 0 Å². The number of ketones is 1. The molecule has 1 aromatic heterocycles. The number of benzene rings is 1. The molecular weight excluding hydrogens is 348 g/mol. The van der Waals surface area contributed by atoms with Gasteiger partial charge < -0.3 is 4.43 Å². The van der Waals surface area contributed by atoms with Crippen LogP contribution in [0.1, 0.15) is 54.4 Å². The van der Waals surface area contributed by atoms with Gasteiger partial charge in [0.2, 0.25) is 5.78 Å². The van der Waals surface area contributed by atoms with Gasteiger partial charge in [0.1, 0.15) is 0 Å². The van der Waals surface area contributed by atoms with Gasteiger partial charge in [-0.1, -0.05) is 51.1 Å². The number of carbonyl (C=O) groups excluding carboxylic acids is 2. The summed E-state index contributed by atoms with van der Waals surface area (Å²) in [5.41, 5.74) is 1.50. The zero-order valence-corrected chi connectivity index (χ0v) is 17.6. The Morgan fingerprint density at radius 3 is 2.16 bits per heavy atom. The van der Waals surface area contributed by atoms with Crippen LogP contribution in [0.4, 0.5) is 0 Å². The summed E-state index contributed by atoms with van der Waals surface area (Å²) in [6.45, 7) is 12.3. The lowest BCUT2D eigenvalue weighted by Gasteiger charge is -2.36. The van der Waals surface area contributed by atoms with E-state index in [1.807, 2.05) is 36.6 Å².